The summed E-state index contributed by atoms with van der Waals surface area (Å²) in [6, 6.07) is 9.75. The van der Waals surface area contributed by atoms with Crippen LogP contribution in [0.1, 0.15) is 38.2 Å². The first-order valence-electron chi connectivity index (χ1n) is 10.6. The molecule has 2 amide bonds. The van der Waals surface area contributed by atoms with Gasteiger partial charge in [-0.15, -0.1) is 0 Å². The fourth-order valence-electron chi connectivity index (χ4n) is 4.01. The zero-order valence-electron chi connectivity index (χ0n) is 17.0. The highest BCUT2D eigenvalue weighted by Crippen LogP contribution is 2.23. The minimum absolute atomic E-state index is 0.229. The van der Waals surface area contributed by atoms with Gasteiger partial charge >= 0.3 is 6.09 Å². The van der Waals surface area contributed by atoms with Crippen LogP contribution in [0.15, 0.2) is 30.3 Å². The number of ether oxygens (including phenoxy) is 1. The van der Waals surface area contributed by atoms with Crippen LogP contribution in [0.25, 0.3) is 0 Å². The lowest BCUT2D eigenvalue weighted by Crippen LogP contribution is -2.48. The summed E-state index contributed by atoms with van der Waals surface area (Å²) in [5.41, 5.74) is 1.00. The van der Waals surface area contributed by atoms with Crippen molar-refractivity contribution < 1.29 is 14.3 Å². The molecule has 0 aliphatic carbocycles. The second kappa shape index (κ2) is 10.5. The van der Waals surface area contributed by atoms with Gasteiger partial charge in [-0.25, -0.2) is 4.79 Å². The van der Waals surface area contributed by atoms with Crippen LogP contribution in [-0.2, 0) is 16.1 Å². The monoisotopic (exact) mass is 387 g/mol. The van der Waals surface area contributed by atoms with E-state index in [1.807, 2.05) is 35.2 Å². The van der Waals surface area contributed by atoms with Gasteiger partial charge in [-0.3, -0.25) is 4.79 Å². The minimum atomic E-state index is -0.229. The summed E-state index contributed by atoms with van der Waals surface area (Å²) in [5, 5.41) is 0. The maximum Gasteiger partial charge on any atom is 0.410 e. The van der Waals surface area contributed by atoms with Crippen molar-refractivity contribution in [2.24, 2.45) is 5.92 Å². The van der Waals surface area contributed by atoms with Crippen molar-refractivity contribution in [1.82, 2.24) is 14.7 Å². The molecule has 0 radical (unpaired) electrons. The molecule has 0 unspecified atom stereocenters. The number of hydrogen-bond acceptors (Lipinski definition) is 4. The van der Waals surface area contributed by atoms with Gasteiger partial charge in [-0.1, -0.05) is 37.3 Å². The van der Waals surface area contributed by atoms with Crippen molar-refractivity contribution in [2.75, 3.05) is 45.8 Å². The highest BCUT2D eigenvalue weighted by atomic mass is 16.6. The van der Waals surface area contributed by atoms with Crippen LogP contribution in [0.3, 0.4) is 0 Å². The molecule has 2 aliphatic heterocycles. The lowest BCUT2D eigenvalue weighted by atomic mass is 9.92. The van der Waals surface area contributed by atoms with Gasteiger partial charge in [0.05, 0.1) is 0 Å². The van der Waals surface area contributed by atoms with E-state index in [0.29, 0.717) is 24.9 Å². The summed E-state index contributed by atoms with van der Waals surface area (Å²) in [5.74, 6) is 0.819. The van der Waals surface area contributed by atoms with Gasteiger partial charge in [0.25, 0.3) is 0 Å². The first-order chi connectivity index (χ1) is 13.7. The molecule has 154 valence electrons. The normalized spacial score (nSPS) is 18.9. The molecular formula is C22H33N3O3. The molecule has 0 atom stereocenters. The molecule has 2 saturated heterocycles. The number of nitrogens with zero attached hydrogens (tertiary/aromatic N) is 3. The maximum atomic E-state index is 12.5. The van der Waals surface area contributed by atoms with Crippen LogP contribution in [0.4, 0.5) is 4.79 Å². The number of piperidine rings is 1. The minimum Gasteiger partial charge on any atom is -0.445 e. The number of likely N-dealkylation sites (tertiary alicyclic amines) is 1. The van der Waals surface area contributed by atoms with Gasteiger partial charge in [0, 0.05) is 45.7 Å². The number of rotatable bonds is 6. The van der Waals surface area contributed by atoms with Gasteiger partial charge in [0.2, 0.25) is 5.91 Å². The van der Waals surface area contributed by atoms with E-state index in [1.165, 1.54) is 0 Å². The lowest BCUT2D eigenvalue weighted by molar-refractivity contribution is -0.133. The summed E-state index contributed by atoms with van der Waals surface area (Å²) < 4.78 is 5.42. The topological polar surface area (TPSA) is 53.1 Å². The first-order valence-corrected chi connectivity index (χ1v) is 10.6. The van der Waals surface area contributed by atoms with Gasteiger partial charge < -0.3 is 19.4 Å². The predicted octanol–water partition coefficient (Wildman–Crippen LogP) is 2.98. The Morgan fingerprint density at radius 3 is 2.29 bits per heavy atom. The summed E-state index contributed by atoms with van der Waals surface area (Å²) in [6.07, 6.45) is 3.25. The third-order valence-electron chi connectivity index (χ3n) is 6.02. The lowest BCUT2D eigenvalue weighted by Gasteiger charge is -2.35. The number of carbonyl (C=O) groups is 2. The molecule has 2 heterocycles. The van der Waals surface area contributed by atoms with E-state index in [4.69, 9.17) is 4.74 Å². The molecule has 2 aliphatic rings. The van der Waals surface area contributed by atoms with Crippen LogP contribution in [-0.4, -0.2) is 72.5 Å². The van der Waals surface area contributed by atoms with E-state index in [1.54, 1.807) is 4.90 Å². The molecule has 0 N–H and O–H groups in total. The predicted molar refractivity (Wildman–Crippen MR) is 109 cm³/mol. The van der Waals surface area contributed by atoms with E-state index >= 15 is 0 Å². The Kier molecular flexibility index (Phi) is 7.71. The molecule has 3 rings (SSSR count). The Morgan fingerprint density at radius 1 is 0.964 bits per heavy atom. The standard InChI is InChI=1S/C22H33N3O3/c1-2-23-14-16-24(17-15-23)21(26)9-8-19-10-12-25(13-11-19)22(27)28-18-20-6-4-3-5-7-20/h3-7,19H,2,8-18H2,1H3. The number of amides is 2. The fraction of sp³-hybridized carbons (Fsp3) is 0.636. The molecule has 0 saturated carbocycles. The summed E-state index contributed by atoms with van der Waals surface area (Å²) in [6.45, 7) is 8.70. The van der Waals surface area contributed by atoms with Crippen molar-refractivity contribution in [3.05, 3.63) is 35.9 Å². The Morgan fingerprint density at radius 2 is 1.64 bits per heavy atom. The summed E-state index contributed by atoms with van der Waals surface area (Å²) >= 11 is 0. The van der Waals surface area contributed by atoms with Crippen LogP contribution < -0.4 is 0 Å². The van der Waals surface area contributed by atoms with Gasteiger partial charge in [-0.05, 0) is 37.3 Å². The number of benzene rings is 1. The van der Waals surface area contributed by atoms with E-state index in [2.05, 4.69) is 11.8 Å². The van der Waals surface area contributed by atoms with E-state index in [-0.39, 0.29) is 6.09 Å². The molecule has 0 aromatic heterocycles. The Labute approximate surface area is 168 Å². The van der Waals surface area contributed by atoms with Crippen LogP contribution in [0.5, 0.6) is 0 Å². The SMILES string of the molecule is CCN1CCN(C(=O)CCC2CCN(C(=O)OCc3ccccc3)CC2)CC1. The third kappa shape index (κ3) is 5.96. The average Bonchev–Trinajstić information content (AvgIpc) is 2.77. The highest BCUT2D eigenvalue weighted by molar-refractivity contribution is 5.76. The van der Waals surface area contributed by atoms with Crippen molar-refractivity contribution in [1.29, 1.82) is 0 Å². The van der Waals surface area contributed by atoms with Crippen LogP contribution in [0.2, 0.25) is 0 Å². The molecule has 6 heteroatoms. The van der Waals surface area contributed by atoms with Crippen molar-refractivity contribution in [3.8, 4) is 0 Å². The van der Waals surface area contributed by atoms with Crippen LogP contribution in [0, 0.1) is 5.92 Å². The van der Waals surface area contributed by atoms with E-state index < -0.39 is 0 Å². The van der Waals surface area contributed by atoms with E-state index in [0.717, 1.165) is 70.6 Å². The molecule has 28 heavy (non-hydrogen) atoms. The Bertz CT molecular complexity index is 621. The number of hydrogen-bond donors (Lipinski definition) is 0. The molecule has 2 fully saturated rings. The van der Waals surface area contributed by atoms with E-state index in [9.17, 15) is 9.59 Å². The van der Waals surface area contributed by atoms with Crippen LogP contribution >= 0.6 is 0 Å². The van der Waals surface area contributed by atoms with Crippen molar-refractivity contribution in [2.45, 2.75) is 39.2 Å². The third-order valence-corrected chi connectivity index (χ3v) is 6.02. The molecule has 0 bridgehead atoms. The smallest absolute Gasteiger partial charge is 0.410 e. The summed E-state index contributed by atoms with van der Waals surface area (Å²) in [4.78, 5) is 30.9. The molecule has 6 nitrogen and oxygen atoms in total. The zero-order valence-corrected chi connectivity index (χ0v) is 17.0. The zero-order chi connectivity index (χ0) is 19.8. The molecule has 1 aromatic carbocycles. The van der Waals surface area contributed by atoms with Crippen molar-refractivity contribution in [3.63, 3.8) is 0 Å². The Balaban J connectivity index is 1.31. The average molecular weight is 388 g/mol. The number of piperazine rings is 1. The summed E-state index contributed by atoms with van der Waals surface area (Å²) in [7, 11) is 0. The molecule has 1 aromatic rings. The Hall–Kier alpha value is -2.08. The van der Waals surface area contributed by atoms with Gasteiger partial charge in [0.1, 0.15) is 6.61 Å². The molecule has 0 spiro atoms. The van der Waals surface area contributed by atoms with Gasteiger partial charge in [-0.2, -0.15) is 0 Å². The second-order valence-electron chi connectivity index (χ2n) is 7.82. The largest absolute Gasteiger partial charge is 0.445 e. The quantitative estimate of drug-likeness (QED) is 0.753. The molecular weight excluding hydrogens is 354 g/mol. The first kappa shape index (κ1) is 20.6. The second-order valence-corrected chi connectivity index (χ2v) is 7.82. The number of likely N-dealkylation sites (N-methyl/N-ethyl adjacent to an activating group) is 1. The maximum absolute atomic E-state index is 12.5. The van der Waals surface area contributed by atoms with Crippen molar-refractivity contribution >= 4 is 12.0 Å². The fourth-order valence-corrected chi connectivity index (χ4v) is 4.01. The number of carbonyl (C=O) groups excluding carboxylic acids is 2. The highest BCUT2D eigenvalue weighted by Gasteiger charge is 2.25. The van der Waals surface area contributed by atoms with Gasteiger partial charge in [0.15, 0.2) is 0 Å².